The Morgan fingerprint density at radius 1 is 0.800 bits per heavy atom. The summed E-state index contributed by atoms with van der Waals surface area (Å²) >= 11 is 0. The van der Waals surface area contributed by atoms with E-state index in [1.54, 1.807) is 4.90 Å². The van der Waals surface area contributed by atoms with E-state index in [0.717, 1.165) is 11.1 Å². The third kappa shape index (κ3) is 8.53. The summed E-state index contributed by atoms with van der Waals surface area (Å²) in [5.74, 6) is 0. The molecule has 0 aliphatic rings. The summed E-state index contributed by atoms with van der Waals surface area (Å²) in [6.07, 6.45) is 0.719. The van der Waals surface area contributed by atoms with Gasteiger partial charge >= 0.3 is 12.2 Å². The quantitative estimate of drug-likeness (QED) is 0.514. The molecular weight excluding hydrogens is 382 g/mol. The number of nitrogens with zero attached hydrogens (tertiary/aromatic N) is 2. The van der Waals surface area contributed by atoms with Crippen LogP contribution in [0.2, 0.25) is 0 Å². The highest BCUT2D eigenvalue weighted by Crippen LogP contribution is 2.09. The number of ether oxygens (including phenoxy) is 1. The minimum atomic E-state index is -0.943. The molecule has 162 valence electrons. The number of hydrogen-bond acceptors (Lipinski definition) is 4. The molecule has 0 saturated heterocycles. The molecule has 0 atom stereocenters. The summed E-state index contributed by atoms with van der Waals surface area (Å²) in [7, 11) is 0. The van der Waals surface area contributed by atoms with E-state index < -0.39 is 6.09 Å². The zero-order valence-electron chi connectivity index (χ0n) is 17.3. The van der Waals surface area contributed by atoms with Gasteiger partial charge in [0.15, 0.2) is 0 Å². The third-order valence-corrected chi connectivity index (χ3v) is 4.69. The molecule has 7 nitrogen and oxygen atoms in total. The number of amides is 2. The second-order valence-corrected chi connectivity index (χ2v) is 7.07. The maximum absolute atomic E-state index is 12.5. The van der Waals surface area contributed by atoms with Gasteiger partial charge in [0.1, 0.15) is 6.61 Å². The molecule has 0 saturated carbocycles. The Bertz CT molecular complexity index is 756. The summed E-state index contributed by atoms with van der Waals surface area (Å²) in [6, 6.07) is 19.0. The summed E-state index contributed by atoms with van der Waals surface area (Å²) in [6.45, 7) is 2.51. The molecule has 0 unspecified atom stereocenters. The lowest BCUT2D eigenvalue weighted by Gasteiger charge is -2.23. The van der Waals surface area contributed by atoms with Gasteiger partial charge in [-0.25, -0.2) is 9.59 Å². The van der Waals surface area contributed by atoms with E-state index in [1.165, 1.54) is 4.90 Å². The summed E-state index contributed by atoms with van der Waals surface area (Å²) in [5.41, 5.74) is 7.48. The van der Waals surface area contributed by atoms with Crippen LogP contribution in [0.4, 0.5) is 9.59 Å². The van der Waals surface area contributed by atoms with E-state index in [-0.39, 0.29) is 12.7 Å². The normalized spacial score (nSPS) is 10.4. The van der Waals surface area contributed by atoms with Crippen molar-refractivity contribution in [2.24, 2.45) is 5.73 Å². The van der Waals surface area contributed by atoms with Crippen molar-refractivity contribution in [2.45, 2.75) is 32.4 Å². The molecule has 0 aromatic heterocycles. The predicted molar refractivity (Wildman–Crippen MR) is 116 cm³/mol. The molecule has 0 aliphatic heterocycles. The van der Waals surface area contributed by atoms with Crippen LogP contribution in [0.1, 0.15) is 30.4 Å². The van der Waals surface area contributed by atoms with Crippen LogP contribution in [-0.2, 0) is 17.9 Å². The van der Waals surface area contributed by atoms with E-state index in [0.29, 0.717) is 52.0 Å². The first kappa shape index (κ1) is 23.2. The van der Waals surface area contributed by atoms with Gasteiger partial charge in [-0.05, 0) is 36.9 Å². The highest BCUT2D eigenvalue weighted by Gasteiger charge is 2.16. The number of carbonyl (C=O) groups excluding carboxylic acids is 1. The smallest absolute Gasteiger partial charge is 0.410 e. The lowest BCUT2D eigenvalue weighted by atomic mass is 10.2. The SMILES string of the molecule is NCCCN(CCCCN(Cc1ccccc1)C(=O)O)C(=O)OCc1ccccc1. The predicted octanol–water partition coefficient (Wildman–Crippen LogP) is 3.93. The molecule has 3 N–H and O–H groups in total. The largest absolute Gasteiger partial charge is 0.465 e. The van der Waals surface area contributed by atoms with Crippen molar-refractivity contribution >= 4 is 12.2 Å². The Kier molecular flexibility index (Phi) is 10.2. The van der Waals surface area contributed by atoms with Gasteiger partial charge in [-0.15, -0.1) is 0 Å². The fourth-order valence-electron chi connectivity index (χ4n) is 3.04. The van der Waals surface area contributed by atoms with E-state index >= 15 is 0 Å². The molecule has 0 aliphatic carbocycles. The Morgan fingerprint density at radius 3 is 1.90 bits per heavy atom. The second kappa shape index (κ2) is 13.2. The first-order valence-electron chi connectivity index (χ1n) is 10.3. The minimum Gasteiger partial charge on any atom is -0.465 e. The summed E-state index contributed by atoms with van der Waals surface area (Å²) in [4.78, 5) is 27.0. The zero-order chi connectivity index (χ0) is 21.6. The lowest BCUT2D eigenvalue weighted by Crippen LogP contribution is -2.35. The first-order chi connectivity index (χ1) is 14.6. The van der Waals surface area contributed by atoms with Crippen LogP contribution >= 0.6 is 0 Å². The summed E-state index contributed by atoms with van der Waals surface area (Å²) in [5, 5.41) is 9.45. The van der Waals surface area contributed by atoms with Crippen molar-refractivity contribution in [2.75, 3.05) is 26.2 Å². The monoisotopic (exact) mass is 413 g/mol. The fraction of sp³-hybridized carbons (Fsp3) is 0.391. The fourth-order valence-corrected chi connectivity index (χ4v) is 3.04. The molecule has 0 radical (unpaired) electrons. The second-order valence-electron chi connectivity index (χ2n) is 7.07. The average molecular weight is 414 g/mol. The minimum absolute atomic E-state index is 0.225. The Morgan fingerprint density at radius 2 is 1.33 bits per heavy atom. The molecule has 2 aromatic rings. The van der Waals surface area contributed by atoms with Crippen LogP contribution in [-0.4, -0.2) is 53.3 Å². The molecule has 0 heterocycles. The third-order valence-electron chi connectivity index (χ3n) is 4.69. The Balaban J connectivity index is 1.79. The Hall–Kier alpha value is -3.06. The Labute approximate surface area is 178 Å². The van der Waals surface area contributed by atoms with Crippen LogP contribution in [0.5, 0.6) is 0 Å². The van der Waals surface area contributed by atoms with E-state index in [1.807, 2.05) is 60.7 Å². The highest BCUT2D eigenvalue weighted by atomic mass is 16.6. The zero-order valence-corrected chi connectivity index (χ0v) is 17.3. The molecule has 0 bridgehead atoms. The van der Waals surface area contributed by atoms with Crippen molar-refractivity contribution < 1.29 is 19.4 Å². The maximum atomic E-state index is 12.5. The first-order valence-corrected chi connectivity index (χ1v) is 10.3. The van der Waals surface area contributed by atoms with Gasteiger partial charge in [-0.1, -0.05) is 60.7 Å². The highest BCUT2D eigenvalue weighted by molar-refractivity contribution is 5.67. The van der Waals surface area contributed by atoms with Crippen molar-refractivity contribution in [1.82, 2.24) is 9.80 Å². The van der Waals surface area contributed by atoms with Crippen molar-refractivity contribution in [3.63, 3.8) is 0 Å². The van der Waals surface area contributed by atoms with Gasteiger partial charge in [0.25, 0.3) is 0 Å². The number of rotatable bonds is 12. The lowest BCUT2D eigenvalue weighted by molar-refractivity contribution is 0.0944. The molecule has 2 rings (SSSR count). The van der Waals surface area contributed by atoms with E-state index in [4.69, 9.17) is 10.5 Å². The summed E-state index contributed by atoms with van der Waals surface area (Å²) < 4.78 is 5.42. The van der Waals surface area contributed by atoms with Crippen LogP contribution in [0.25, 0.3) is 0 Å². The molecule has 7 heteroatoms. The van der Waals surface area contributed by atoms with Gasteiger partial charge in [-0.3, -0.25) is 0 Å². The number of hydrogen-bond donors (Lipinski definition) is 2. The van der Waals surface area contributed by atoms with Gasteiger partial charge in [0, 0.05) is 26.2 Å². The van der Waals surface area contributed by atoms with Gasteiger partial charge in [-0.2, -0.15) is 0 Å². The number of benzene rings is 2. The number of nitrogens with two attached hydrogens (primary N) is 1. The van der Waals surface area contributed by atoms with Crippen LogP contribution in [0, 0.1) is 0 Å². The molecular formula is C23H31N3O4. The topological polar surface area (TPSA) is 96.1 Å². The maximum Gasteiger partial charge on any atom is 0.410 e. The van der Waals surface area contributed by atoms with Crippen LogP contribution in [0.3, 0.4) is 0 Å². The van der Waals surface area contributed by atoms with E-state index in [9.17, 15) is 14.7 Å². The van der Waals surface area contributed by atoms with Gasteiger partial charge < -0.3 is 25.4 Å². The number of carboxylic acid groups (broad SMARTS) is 1. The molecule has 0 spiro atoms. The average Bonchev–Trinajstić information content (AvgIpc) is 2.77. The van der Waals surface area contributed by atoms with Crippen molar-refractivity contribution in [3.8, 4) is 0 Å². The standard InChI is InChI=1S/C23H31N3O4/c24-14-9-17-25(23(29)30-19-21-12-5-2-6-13-21)15-7-8-16-26(22(27)28)18-20-10-3-1-4-11-20/h1-6,10-13H,7-9,14-19,24H2,(H,27,28). The van der Waals surface area contributed by atoms with Crippen molar-refractivity contribution in [1.29, 1.82) is 0 Å². The van der Waals surface area contributed by atoms with Crippen LogP contribution < -0.4 is 5.73 Å². The number of unbranched alkanes of at least 4 members (excludes halogenated alkanes) is 1. The van der Waals surface area contributed by atoms with Crippen LogP contribution in [0.15, 0.2) is 60.7 Å². The van der Waals surface area contributed by atoms with Crippen molar-refractivity contribution in [3.05, 3.63) is 71.8 Å². The van der Waals surface area contributed by atoms with Gasteiger partial charge in [0.2, 0.25) is 0 Å². The molecule has 2 aromatic carbocycles. The number of carbonyl (C=O) groups is 2. The molecule has 30 heavy (non-hydrogen) atoms. The van der Waals surface area contributed by atoms with Gasteiger partial charge in [0.05, 0.1) is 0 Å². The molecule has 2 amide bonds. The molecule has 0 fully saturated rings. The van der Waals surface area contributed by atoms with E-state index in [2.05, 4.69) is 0 Å².